The molecule has 1 unspecified atom stereocenters. The highest BCUT2D eigenvalue weighted by molar-refractivity contribution is 7.18. The monoisotopic (exact) mass is 262 g/mol. The van der Waals surface area contributed by atoms with Gasteiger partial charge in [-0.1, -0.05) is 16.2 Å². The Morgan fingerprint density at radius 2 is 1.88 bits per heavy atom. The molecule has 1 aliphatic carbocycles. The number of allylic oxidation sites excluding steroid dienone is 2. The summed E-state index contributed by atoms with van der Waals surface area (Å²) in [5.41, 5.74) is -2.81. The van der Waals surface area contributed by atoms with Crippen LogP contribution in [0, 0.1) is 11.3 Å². The van der Waals surface area contributed by atoms with Gasteiger partial charge in [0.15, 0.2) is 0 Å². The molecule has 0 aromatic rings. The maximum atomic E-state index is 13.4. The SMILES string of the molecule is C/C(C=N)=C(/NC1CCC(C)CC1)C(F)(F)P. The van der Waals surface area contributed by atoms with Gasteiger partial charge in [-0.15, -0.1) is 0 Å². The zero-order chi connectivity index (χ0) is 13.1. The Balaban J connectivity index is 2.72. The van der Waals surface area contributed by atoms with E-state index in [2.05, 4.69) is 12.2 Å². The molecule has 98 valence electrons. The molecule has 0 spiro atoms. The van der Waals surface area contributed by atoms with Gasteiger partial charge in [-0.05, 0) is 44.1 Å². The van der Waals surface area contributed by atoms with Crippen LogP contribution in [-0.4, -0.2) is 17.9 Å². The first-order valence-electron chi connectivity index (χ1n) is 5.99. The van der Waals surface area contributed by atoms with Crippen molar-refractivity contribution in [3.63, 3.8) is 0 Å². The fourth-order valence-corrected chi connectivity index (χ4v) is 2.46. The summed E-state index contributed by atoms with van der Waals surface area (Å²) < 4.78 is 26.8. The van der Waals surface area contributed by atoms with Gasteiger partial charge in [0.25, 0.3) is 5.66 Å². The molecule has 0 heterocycles. The lowest BCUT2D eigenvalue weighted by Crippen LogP contribution is -2.37. The van der Waals surface area contributed by atoms with Crippen molar-refractivity contribution < 1.29 is 8.78 Å². The predicted octanol–water partition coefficient (Wildman–Crippen LogP) is 3.55. The average molecular weight is 262 g/mol. The van der Waals surface area contributed by atoms with Crippen LogP contribution in [-0.2, 0) is 0 Å². The lowest BCUT2D eigenvalue weighted by atomic mass is 9.87. The maximum absolute atomic E-state index is 13.4. The number of halogens is 2. The van der Waals surface area contributed by atoms with Crippen molar-refractivity contribution in [1.82, 2.24) is 5.32 Å². The zero-order valence-electron chi connectivity index (χ0n) is 10.4. The molecule has 1 fully saturated rings. The summed E-state index contributed by atoms with van der Waals surface area (Å²) in [6, 6.07) is 0.113. The molecule has 1 atom stereocenters. The van der Waals surface area contributed by atoms with Crippen LogP contribution in [0.3, 0.4) is 0 Å². The van der Waals surface area contributed by atoms with Crippen LogP contribution < -0.4 is 5.32 Å². The molecule has 1 saturated carbocycles. The van der Waals surface area contributed by atoms with Gasteiger partial charge in [-0.3, -0.25) is 0 Å². The van der Waals surface area contributed by atoms with Gasteiger partial charge < -0.3 is 10.7 Å². The fraction of sp³-hybridized carbons (Fsp3) is 0.750. The Morgan fingerprint density at radius 1 is 1.35 bits per heavy atom. The second-order valence-corrected chi connectivity index (χ2v) is 5.65. The molecule has 1 rings (SSSR count). The van der Waals surface area contributed by atoms with Gasteiger partial charge in [-0.25, -0.2) is 0 Å². The van der Waals surface area contributed by atoms with Crippen LogP contribution in [0.1, 0.15) is 39.5 Å². The van der Waals surface area contributed by atoms with Gasteiger partial charge in [0.2, 0.25) is 0 Å². The van der Waals surface area contributed by atoms with E-state index in [1.807, 2.05) is 0 Å². The Labute approximate surface area is 104 Å². The average Bonchev–Trinajstić information content (AvgIpc) is 2.25. The van der Waals surface area contributed by atoms with E-state index in [9.17, 15) is 8.78 Å². The lowest BCUT2D eigenvalue weighted by molar-refractivity contribution is 0.131. The van der Waals surface area contributed by atoms with E-state index >= 15 is 0 Å². The summed E-state index contributed by atoms with van der Waals surface area (Å²) in [6.45, 7) is 3.73. The molecule has 0 bridgehead atoms. The summed E-state index contributed by atoms with van der Waals surface area (Å²) in [7, 11) is 1.54. The number of alkyl halides is 2. The third kappa shape index (κ3) is 4.34. The van der Waals surface area contributed by atoms with Crippen molar-refractivity contribution in [3.05, 3.63) is 11.3 Å². The number of rotatable bonds is 4. The predicted molar refractivity (Wildman–Crippen MR) is 70.7 cm³/mol. The first kappa shape index (κ1) is 14.6. The van der Waals surface area contributed by atoms with Crippen molar-refractivity contribution in [2.75, 3.05) is 0 Å². The second-order valence-electron chi connectivity index (χ2n) is 4.93. The normalized spacial score (nSPS) is 27.4. The highest BCUT2D eigenvalue weighted by Gasteiger charge is 2.31. The third-order valence-electron chi connectivity index (χ3n) is 3.31. The molecule has 0 amide bonds. The number of hydrogen-bond donors (Lipinski definition) is 2. The van der Waals surface area contributed by atoms with E-state index < -0.39 is 5.66 Å². The molecular weight excluding hydrogens is 241 g/mol. The van der Waals surface area contributed by atoms with Crippen LogP contribution in [0.25, 0.3) is 0 Å². The second kappa shape index (κ2) is 5.90. The first-order chi connectivity index (χ1) is 7.84. The summed E-state index contributed by atoms with van der Waals surface area (Å²) in [5, 5.41) is 10.0. The quantitative estimate of drug-likeness (QED) is 0.590. The summed E-state index contributed by atoms with van der Waals surface area (Å²) in [4.78, 5) is 0. The summed E-state index contributed by atoms with van der Waals surface area (Å²) >= 11 is 0. The first-order valence-corrected chi connectivity index (χ1v) is 6.57. The Morgan fingerprint density at radius 3 is 2.29 bits per heavy atom. The molecule has 1 aliphatic rings. The van der Waals surface area contributed by atoms with Crippen LogP contribution in [0.4, 0.5) is 8.78 Å². The molecule has 17 heavy (non-hydrogen) atoms. The molecule has 0 aromatic carbocycles. The van der Waals surface area contributed by atoms with Crippen molar-refractivity contribution in [3.8, 4) is 0 Å². The molecule has 0 aliphatic heterocycles. The van der Waals surface area contributed by atoms with Crippen LogP contribution in [0.2, 0.25) is 0 Å². The third-order valence-corrected chi connectivity index (χ3v) is 3.60. The molecule has 2 N–H and O–H groups in total. The minimum Gasteiger partial charge on any atom is -0.380 e. The molecule has 0 saturated heterocycles. The van der Waals surface area contributed by atoms with E-state index in [4.69, 9.17) is 5.41 Å². The van der Waals surface area contributed by atoms with Crippen LogP contribution in [0.5, 0.6) is 0 Å². The van der Waals surface area contributed by atoms with Gasteiger partial charge in [-0.2, -0.15) is 8.78 Å². The van der Waals surface area contributed by atoms with Gasteiger partial charge in [0.1, 0.15) is 0 Å². The number of nitrogens with one attached hydrogen (secondary N) is 2. The Bertz CT molecular complexity index is 302. The minimum atomic E-state index is -2.98. The van der Waals surface area contributed by atoms with Crippen LogP contribution in [0.15, 0.2) is 11.3 Å². The summed E-state index contributed by atoms with van der Waals surface area (Å²) in [5.74, 6) is 0.695. The molecule has 5 heteroatoms. The topological polar surface area (TPSA) is 35.9 Å². The van der Waals surface area contributed by atoms with Gasteiger partial charge >= 0.3 is 0 Å². The van der Waals surface area contributed by atoms with E-state index in [1.165, 1.54) is 0 Å². The minimum absolute atomic E-state index is 0.113. The summed E-state index contributed by atoms with van der Waals surface area (Å²) in [6.07, 6.45) is 4.99. The Hall–Kier alpha value is -0.500. The van der Waals surface area contributed by atoms with Crippen molar-refractivity contribution in [1.29, 1.82) is 5.41 Å². The largest absolute Gasteiger partial charge is 0.380 e. The zero-order valence-corrected chi connectivity index (χ0v) is 11.5. The maximum Gasteiger partial charge on any atom is 0.298 e. The standard InChI is InChI=1S/C12H21F2N2P/c1-8-3-5-10(6-4-8)16-11(9(2)7-15)12(13,14)17/h7-8,10,15-16H,3-6,17H2,1-2H3/b11-9-,15-7?. The molecule has 0 aromatic heterocycles. The van der Waals surface area contributed by atoms with Gasteiger partial charge in [0, 0.05) is 12.3 Å². The van der Waals surface area contributed by atoms with Crippen LogP contribution >= 0.6 is 9.24 Å². The fourth-order valence-electron chi connectivity index (χ4n) is 2.15. The van der Waals surface area contributed by atoms with Crippen molar-refractivity contribution >= 4 is 15.5 Å². The van der Waals surface area contributed by atoms with E-state index in [1.54, 1.807) is 16.2 Å². The molecule has 2 nitrogen and oxygen atoms in total. The van der Waals surface area contributed by atoms with E-state index in [-0.39, 0.29) is 11.7 Å². The highest BCUT2D eigenvalue weighted by atomic mass is 31.0. The number of hydrogen-bond acceptors (Lipinski definition) is 2. The van der Waals surface area contributed by atoms with E-state index in [0.717, 1.165) is 31.9 Å². The van der Waals surface area contributed by atoms with E-state index in [0.29, 0.717) is 11.5 Å². The van der Waals surface area contributed by atoms with Gasteiger partial charge in [0.05, 0.1) is 5.70 Å². The van der Waals surface area contributed by atoms with Crippen molar-refractivity contribution in [2.45, 2.75) is 51.2 Å². The molecular formula is C12H21F2N2P. The highest BCUT2D eigenvalue weighted by Crippen LogP contribution is 2.33. The smallest absolute Gasteiger partial charge is 0.298 e. The molecule has 0 radical (unpaired) electrons. The lowest BCUT2D eigenvalue weighted by Gasteiger charge is -2.30. The van der Waals surface area contributed by atoms with Crippen molar-refractivity contribution in [2.24, 2.45) is 5.92 Å². The Kier molecular flexibility index (Phi) is 5.05.